The minimum atomic E-state index is -0.349. The Hall–Kier alpha value is -3.55. The van der Waals surface area contributed by atoms with Crippen LogP contribution in [0, 0.1) is 0 Å². The number of pyridine rings is 1. The number of para-hydroxylation sites is 2. The standard InChI is InChI=1S/C18H17N5O3/c1-2-26-15-8-4-3-7-14(15)21-16(24)11-23-12-20-22-18(23)17(25)13-6-5-9-19-10-13/h3-10,12H,2,11H2,1H3,(H,21,24). The van der Waals surface area contributed by atoms with Gasteiger partial charge in [0.2, 0.25) is 17.5 Å². The zero-order chi connectivity index (χ0) is 18.4. The lowest BCUT2D eigenvalue weighted by molar-refractivity contribution is -0.116. The Kier molecular flexibility index (Phi) is 5.33. The minimum absolute atomic E-state index is 0.0752. The topological polar surface area (TPSA) is 99.0 Å². The molecule has 0 spiro atoms. The molecule has 132 valence electrons. The molecule has 0 aliphatic heterocycles. The number of hydrogen-bond acceptors (Lipinski definition) is 6. The number of carbonyl (C=O) groups is 2. The molecule has 3 aromatic rings. The van der Waals surface area contributed by atoms with Crippen LogP contribution in [0.25, 0.3) is 0 Å². The van der Waals surface area contributed by atoms with Crippen LogP contribution in [0.3, 0.4) is 0 Å². The highest BCUT2D eigenvalue weighted by molar-refractivity contribution is 6.06. The first-order chi connectivity index (χ1) is 12.7. The van der Waals surface area contributed by atoms with Gasteiger partial charge in [-0.25, -0.2) is 0 Å². The molecule has 8 nitrogen and oxygen atoms in total. The van der Waals surface area contributed by atoms with Crippen molar-refractivity contribution in [1.82, 2.24) is 19.7 Å². The van der Waals surface area contributed by atoms with Crippen molar-refractivity contribution in [2.45, 2.75) is 13.5 Å². The monoisotopic (exact) mass is 351 g/mol. The molecule has 0 saturated heterocycles. The van der Waals surface area contributed by atoms with E-state index in [0.717, 1.165) is 0 Å². The van der Waals surface area contributed by atoms with Crippen LogP contribution >= 0.6 is 0 Å². The molecule has 0 unspecified atom stereocenters. The van der Waals surface area contributed by atoms with E-state index in [1.807, 2.05) is 13.0 Å². The zero-order valence-corrected chi connectivity index (χ0v) is 14.1. The van der Waals surface area contributed by atoms with Gasteiger partial charge in [0.25, 0.3) is 0 Å². The lowest BCUT2D eigenvalue weighted by Crippen LogP contribution is -2.22. The molecule has 1 N–H and O–H groups in total. The third-order valence-electron chi connectivity index (χ3n) is 3.52. The van der Waals surface area contributed by atoms with Crippen LogP contribution in [-0.2, 0) is 11.3 Å². The van der Waals surface area contributed by atoms with Crippen molar-refractivity contribution in [2.24, 2.45) is 0 Å². The lowest BCUT2D eigenvalue weighted by Gasteiger charge is -2.12. The molecule has 1 aromatic carbocycles. The molecule has 1 amide bonds. The fraction of sp³-hybridized carbons (Fsp3) is 0.167. The van der Waals surface area contributed by atoms with Crippen LogP contribution < -0.4 is 10.1 Å². The Morgan fingerprint density at radius 1 is 1.19 bits per heavy atom. The quantitative estimate of drug-likeness (QED) is 0.653. The van der Waals surface area contributed by atoms with Gasteiger partial charge in [-0.05, 0) is 31.2 Å². The summed E-state index contributed by atoms with van der Waals surface area (Å²) in [6.07, 6.45) is 4.36. The van der Waals surface area contributed by atoms with E-state index >= 15 is 0 Å². The molecule has 0 bridgehead atoms. The van der Waals surface area contributed by atoms with Gasteiger partial charge in [-0.15, -0.1) is 10.2 Å². The summed E-state index contributed by atoms with van der Waals surface area (Å²) in [6, 6.07) is 10.4. The number of benzene rings is 1. The Bertz CT molecular complexity index is 908. The van der Waals surface area contributed by atoms with Crippen LogP contribution in [0.15, 0.2) is 55.1 Å². The maximum atomic E-state index is 12.5. The average molecular weight is 351 g/mol. The number of hydrogen-bond donors (Lipinski definition) is 1. The highest BCUT2D eigenvalue weighted by Gasteiger charge is 2.18. The van der Waals surface area contributed by atoms with Crippen molar-refractivity contribution in [1.29, 1.82) is 0 Å². The van der Waals surface area contributed by atoms with Crippen molar-refractivity contribution in [2.75, 3.05) is 11.9 Å². The molecule has 2 aromatic heterocycles. The fourth-order valence-corrected chi connectivity index (χ4v) is 2.37. The van der Waals surface area contributed by atoms with E-state index < -0.39 is 0 Å². The minimum Gasteiger partial charge on any atom is -0.492 e. The summed E-state index contributed by atoms with van der Waals surface area (Å²) in [4.78, 5) is 28.8. The molecule has 0 saturated carbocycles. The van der Waals surface area contributed by atoms with Crippen LogP contribution in [0.2, 0.25) is 0 Å². The van der Waals surface area contributed by atoms with Gasteiger partial charge in [0.15, 0.2) is 0 Å². The van der Waals surface area contributed by atoms with E-state index in [1.54, 1.807) is 36.5 Å². The van der Waals surface area contributed by atoms with E-state index in [1.165, 1.54) is 17.1 Å². The van der Waals surface area contributed by atoms with Crippen molar-refractivity contribution in [3.8, 4) is 5.75 Å². The number of nitrogens with zero attached hydrogens (tertiary/aromatic N) is 4. The molecule has 0 fully saturated rings. The Morgan fingerprint density at radius 3 is 2.81 bits per heavy atom. The smallest absolute Gasteiger partial charge is 0.244 e. The van der Waals surface area contributed by atoms with Gasteiger partial charge in [-0.2, -0.15) is 0 Å². The predicted octanol–water partition coefficient (Wildman–Crippen LogP) is 1.94. The summed E-state index contributed by atoms with van der Waals surface area (Å²) in [5.41, 5.74) is 0.941. The third kappa shape index (κ3) is 3.92. The fourth-order valence-electron chi connectivity index (χ4n) is 2.37. The van der Waals surface area contributed by atoms with Gasteiger partial charge < -0.3 is 14.6 Å². The van der Waals surface area contributed by atoms with E-state index in [-0.39, 0.29) is 24.1 Å². The molecular weight excluding hydrogens is 334 g/mol. The molecule has 0 radical (unpaired) electrons. The van der Waals surface area contributed by atoms with Crippen LogP contribution in [0.4, 0.5) is 5.69 Å². The largest absolute Gasteiger partial charge is 0.492 e. The predicted molar refractivity (Wildman–Crippen MR) is 93.9 cm³/mol. The normalized spacial score (nSPS) is 10.3. The van der Waals surface area contributed by atoms with Crippen LogP contribution in [0.5, 0.6) is 5.75 Å². The maximum absolute atomic E-state index is 12.5. The summed E-state index contributed by atoms with van der Waals surface area (Å²) >= 11 is 0. The first-order valence-electron chi connectivity index (χ1n) is 8.03. The first kappa shape index (κ1) is 17.3. The second-order valence-corrected chi connectivity index (χ2v) is 5.33. The molecule has 0 atom stereocenters. The Morgan fingerprint density at radius 2 is 2.04 bits per heavy atom. The first-order valence-corrected chi connectivity index (χ1v) is 8.03. The summed E-state index contributed by atoms with van der Waals surface area (Å²) in [5, 5.41) is 10.3. The number of ether oxygens (including phenoxy) is 1. The summed E-state index contributed by atoms with van der Waals surface area (Å²) in [6.45, 7) is 2.25. The third-order valence-corrected chi connectivity index (χ3v) is 3.52. The van der Waals surface area contributed by atoms with Crippen molar-refractivity contribution in [3.63, 3.8) is 0 Å². The van der Waals surface area contributed by atoms with Crippen LogP contribution in [0.1, 0.15) is 23.1 Å². The Labute approximate surface area is 149 Å². The summed E-state index contributed by atoms with van der Waals surface area (Å²) < 4.78 is 6.88. The van der Waals surface area contributed by atoms with Gasteiger partial charge in [-0.3, -0.25) is 14.6 Å². The lowest BCUT2D eigenvalue weighted by atomic mass is 10.2. The van der Waals surface area contributed by atoms with Gasteiger partial charge in [-0.1, -0.05) is 12.1 Å². The zero-order valence-electron chi connectivity index (χ0n) is 14.1. The second-order valence-electron chi connectivity index (χ2n) is 5.33. The molecular formula is C18H17N5O3. The molecule has 8 heteroatoms. The number of amides is 1. The molecule has 26 heavy (non-hydrogen) atoms. The van der Waals surface area contributed by atoms with E-state index in [2.05, 4.69) is 20.5 Å². The number of anilines is 1. The summed E-state index contributed by atoms with van der Waals surface area (Å²) in [7, 11) is 0. The van der Waals surface area contributed by atoms with E-state index in [4.69, 9.17) is 4.74 Å². The average Bonchev–Trinajstić information content (AvgIpc) is 3.11. The number of aromatic nitrogens is 4. The highest BCUT2D eigenvalue weighted by Crippen LogP contribution is 2.23. The van der Waals surface area contributed by atoms with Crippen molar-refractivity contribution in [3.05, 3.63) is 66.5 Å². The van der Waals surface area contributed by atoms with E-state index in [0.29, 0.717) is 23.6 Å². The number of ketones is 1. The molecule has 0 aliphatic carbocycles. The maximum Gasteiger partial charge on any atom is 0.244 e. The van der Waals surface area contributed by atoms with Gasteiger partial charge in [0.1, 0.15) is 18.6 Å². The number of nitrogens with one attached hydrogen (secondary N) is 1. The van der Waals surface area contributed by atoms with Crippen LogP contribution in [-0.4, -0.2) is 38.0 Å². The van der Waals surface area contributed by atoms with Crippen molar-refractivity contribution >= 4 is 17.4 Å². The van der Waals surface area contributed by atoms with Gasteiger partial charge >= 0.3 is 0 Å². The van der Waals surface area contributed by atoms with Gasteiger partial charge in [0.05, 0.1) is 12.3 Å². The van der Waals surface area contributed by atoms with E-state index in [9.17, 15) is 9.59 Å². The number of rotatable bonds is 7. The van der Waals surface area contributed by atoms with Gasteiger partial charge in [0, 0.05) is 18.0 Å². The number of carbonyl (C=O) groups excluding carboxylic acids is 2. The highest BCUT2D eigenvalue weighted by atomic mass is 16.5. The second kappa shape index (κ2) is 8.02. The Balaban J connectivity index is 1.74. The molecule has 3 rings (SSSR count). The molecule has 2 heterocycles. The summed E-state index contributed by atoms with van der Waals surface area (Å²) in [5.74, 6) is -0.0136. The SMILES string of the molecule is CCOc1ccccc1NC(=O)Cn1cnnc1C(=O)c1cccnc1. The molecule has 0 aliphatic rings. The van der Waals surface area contributed by atoms with Crippen molar-refractivity contribution < 1.29 is 14.3 Å².